The summed E-state index contributed by atoms with van der Waals surface area (Å²) in [5.74, 6) is -1.34. The monoisotopic (exact) mass is 668 g/mol. The summed E-state index contributed by atoms with van der Waals surface area (Å²) >= 11 is 0. The fraction of sp³-hybridized carbons (Fsp3) is 0.469. The molecule has 1 amide bonds. The fourth-order valence-electron chi connectivity index (χ4n) is 6.62. The number of halogens is 2. The van der Waals surface area contributed by atoms with E-state index in [0.717, 1.165) is 11.1 Å². The third kappa shape index (κ3) is 5.78. The number of anilines is 2. The molecule has 14 nitrogen and oxygen atoms in total. The number of carboxylic acids is 1. The van der Waals surface area contributed by atoms with E-state index in [1.807, 2.05) is 12.1 Å². The molecule has 48 heavy (non-hydrogen) atoms. The van der Waals surface area contributed by atoms with Crippen LogP contribution < -0.4 is 14.5 Å². The summed E-state index contributed by atoms with van der Waals surface area (Å²) in [7, 11) is 1.34. The minimum absolute atomic E-state index is 0.0192. The first-order valence-corrected chi connectivity index (χ1v) is 15.5. The number of rotatable bonds is 8. The number of furan rings is 1. The average Bonchev–Trinajstić information content (AvgIpc) is 3.86. The van der Waals surface area contributed by atoms with Crippen LogP contribution in [0.2, 0.25) is 0 Å². The van der Waals surface area contributed by atoms with Crippen LogP contribution in [-0.2, 0) is 19.0 Å². The predicted molar refractivity (Wildman–Crippen MR) is 165 cm³/mol. The second-order valence-corrected chi connectivity index (χ2v) is 12.1. The number of amides is 1. The average molecular weight is 669 g/mol. The zero-order valence-electron chi connectivity index (χ0n) is 26.3. The Morgan fingerprint density at radius 1 is 1.19 bits per heavy atom. The van der Waals surface area contributed by atoms with E-state index in [1.54, 1.807) is 23.2 Å². The van der Waals surface area contributed by atoms with Gasteiger partial charge in [-0.1, -0.05) is 6.08 Å². The zero-order valence-corrected chi connectivity index (χ0v) is 26.3. The Balaban J connectivity index is 1.20. The lowest BCUT2D eigenvalue weighted by Crippen LogP contribution is -2.68. The molecule has 16 heteroatoms. The summed E-state index contributed by atoms with van der Waals surface area (Å²) in [6.45, 7) is 4.72. The Hall–Kier alpha value is -4.83. The highest BCUT2D eigenvalue weighted by atomic mass is 19.3. The number of carbonyl (C=O) groups is 2. The van der Waals surface area contributed by atoms with Gasteiger partial charge in [-0.3, -0.25) is 0 Å². The van der Waals surface area contributed by atoms with Crippen molar-refractivity contribution in [1.82, 2.24) is 19.9 Å². The Kier molecular flexibility index (Phi) is 8.37. The van der Waals surface area contributed by atoms with Gasteiger partial charge in [-0.2, -0.15) is 0 Å². The normalized spacial score (nSPS) is 23.4. The molecule has 7 heterocycles. The van der Waals surface area contributed by atoms with E-state index >= 15 is 0 Å². The van der Waals surface area contributed by atoms with Crippen molar-refractivity contribution in [3.8, 4) is 17.3 Å². The molecule has 4 aliphatic rings. The van der Waals surface area contributed by atoms with Gasteiger partial charge >= 0.3 is 12.1 Å². The van der Waals surface area contributed by atoms with E-state index in [0.29, 0.717) is 45.1 Å². The van der Waals surface area contributed by atoms with Crippen molar-refractivity contribution < 1.29 is 46.8 Å². The highest BCUT2D eigenvalue weighted by Crippen LogP contribution is 2.41. The lowest BCUT2D eigenvalue weighted by Gasteiger charge is -2.53. The van der Waals surface area contributed by atoms with Crippen LogP contribution in [-0.4, -0.2) is 114 Å². The smallest absolute Gasteiger partial charge is 0.410 e. The van der Waals surface area contributed by atoms with Crippen molar-refractivity contribution in [2.75, 3.05) is 62.9 Å². The van der Waals surface area contributed by atoms with E-state index in [2.05, 4.69) is 21.8 Å². The maximum absolute atomic E-state index is 13.9. The summed E-state index contributed by atoms with van der Waals surface area (Å²) in [5.41, 5.74) is 1.99. The Morgan fingerprint density at radius 2 is 2.02 bits per heavy atom. The van der Waals surface area contributed by atoms with Gasteiger partial charge in [0.25, 0.3) is 6.43 Å². The van der Waals surface area contributed by atoms with E-state index < -0.39 is 42.1 Å². The number of morpholine rings is 1. The van der Waals surface area contributed by atoms with Crippen LogP contribution in [0, 0.1) is 0 Å². The molecule has 4 aliphatic heterocycles. The second-order valence-electron chi connectivity index (χ2n) is 12.1. The number of carbonyl (C=O) groups excluding carboxylic acids is 1. The molecular formula is C32H34F2N6O8. The number of methoxy groups -OCH3 is 1. The maximum Gasteiger partial charge on any atom is 0.410 e. The largest absolute Gasteiger partial charge is 0.480 e. The highest BCUT2D eigenvalue weighted by molar-refractivity contribution is 5.80. The molecule has 0 aromatic carbocycles. The van der Waals surface area contributed by atoms with Gasteiger partial charge in [0, 0.05) is 38.3 Å². The van der Waals surface area contributed by atoms with Gasteiger partial charge in [0.15, 0.2) is 11.6 Å². The van der Waals surface area contributed by atoms with Gasteiger partial charge in [-0.05, 0) is 36.3 Å². The SMILES string of the molecule is COC(=O)N1CC=C(c2cnc(O[C@H]3C[C@@H](C(=O)O)N(c4cc(-c5ccco5)nc(C(F)F)n4)C3)c(N3CCOC4(COC4)[C@@H]3C)c2)C1. The van der Waals surface area contributed by atoms with E-state index in [1.165, 1.54) is 24.3 Å². The van der Waals surface area contributed by atoms with Crippen LogP contribution >= 0.6 is 0 Å². The van der Waals surface area contributed by atoms with Crippen molar-refractivity contribution >= 4 is 29.1 Å². The lowest BCUT2D eigenvalue weighted by atomic mass is 9.90. The van der Waals surface area contributed by atoms with Gasteiger partial charge in [-0.25, -0.2) is 33.3 Å². The minimum atomic E-state index is -2.99. The standard InChI is InChI=1S/C32H34F2N6O8/c1-18-32(16-45-17-32)47-9-7-39(18)23-10-20(19-5-6-38(14-19)31(43)44-2)13-35-29(23)48-21-11-24(30(41)42)40(15-21)26-12-22(25-4-3-8-46-25)36-28(37-26)27(33)34/h3-5,8,10,12-13,18,21,24,27H,6-7,9,11,14-17H2,1-2H3,(H,41,42)/t18-,21-,24-/m0/s1. The summed E-state index contributed by atoms with van der Waals surface area (Å²) in [5, 5.41) is 10.2. The second kappa shape index (κ2) is 12.6. The number of hydrogen-bond acceptors (Lipinski definition) is 12. The van der Waals surface area contributed by atoms with E-state index in [4.69, 9.17) is 28.3 Å². The quantitative estimate of drug-likeness (QED) is 0.372. The number of aromatic nitrogens is 3. The zero-order chi connectivity index (χ0) is 33.6. The first-order chi connectivity index (χ1) is 23.2. The number of alkyl halides is 2. The van der Waals surface area contributed by atoms with Crippen molar-refractivity contribution in [3.63, 3.8) is 0 Å². The van der Waals surface area contributed by atoms with Crippen molar-refractivity contribution in [1.29, 1.82) is 0 Å². The molecule has 0 bridgehead atoms. The van der Waals surface area contributed by atoms with Crippen molar-refractivity contribution in [2.45, 2.75) is 43.6 Å². The van der Waals surface area contributed by atoms with Gasteiger partial charge in [0.2, 0.25) is 5.88 Å². The first-order valence-electron chi connectivity index (χ1n) is 15.5. The molecule has 3 atom stereocenters. The fourth-order valence-corrected chi connectivity index (χ4v) is 6.62. The molecule has 0 radical (unpaired) electrons. The van der Waals surface area contributed by atoms with Gasteiger partial charge in [0.05, 0.1) is 45.8 Å². The molecule has 0 aliphatic carbocycles. The minimum Gasteiger partial charge on any atom is -0.480 e. The summed E-state index contributed by atoms with van der Waals surface area (Å²) < 4.78 is 56.1. The number of hydrogen-bond donors (Lipinski definition) is 1. The van der Waals surface area contributed by atoms with Crippen LogP contribution in [0.4, 0.5) is 25.1 Å². The Labute approximate surface area is 273 Å². The molecule has 254 valence electrons. The van der Waals surface area contributed by atoms with Gasteiger partial charge in [-0.15, -0.1) is 0 Å². The Bertz CT molecular complexity index is 1720. The molecule has 3 aromatic heterocycles. The van der Waals surface area contributed by atoms with Gasteiger partial charge < -0.3 is 43.2 Å². The first kappa shape index (κ1) is 31.8. The summed E-state index contributed by atoms with van der Waals surface area (Å²) in [4.78, 5) is 42.4. The molecular weight excluding hydrogens is 634 g/mol. The third-order valence-corrected chi connectivity index (χ3v) is 9.33. The topological polar surface area (TPSA) is 153 Å². The van der Waals surface area contributed by atoms with Crippen LogP contribution in [0.5, 0.6) is 5.88 Å². The van der Waals surface area contributed by atoms with E-state index in [-0.39, 0.29) is 42.2 Å². The van der Waals surface area contributed by atoms with Crippen molar-refractivity contribution in [2.24, 2.45) is 0 Å². The maximum atomic E-state index is 13.9. The molecule has 7 rings (SSSR count). The lowest BCUT2D eigenvalue weighted by molar-refractivity contribution is -0.228. The molecule has 3 fully saturated rings. The van der Waals surface area contributed by atoms with Crippen LogP contribution in [0.3, 0.4) is 0 Å². The number of aliphatic carboxylic acids is 1. The molecule has 1 spiro atoms. The molecule has 3 aromatic rings. The van der Waals surface area contributed by atoms with Gasteiger partial charge in [0.1, 0.15) is 34.9 Å². The molecule has 1 N–H and O–H groups in total. The molecule has 3 saturated heterocycles. The molecule has 0 unspecified atom stereocenters. The van der Waals surface area contributed by atoms with Crippen LogP contribution in [0.1, 0.15) is 31.2 Å². The number of ether oxygens (including phenoxy) is 4. The molecule has 0 saturated carbocycles. The predicted octanol–water partition coefficient (Wildman–Crippen LogP) is 3.64. The number of carboxylic acid groups (broad SMARTS) is 1. The summed E-state index contributed by atoms with van der Waals surface area (Å²) in [6, 6.07) is 5.34. The third-order valence-electron chi connectivity index (χ3n) is 9.33. The summed E-state index contributed by atoms with van der Waals surface area (Å²) in [6.07, 6.45) is 0.938. The van der Waals surface area contributed by atoms with Crippen LogP contribution in [0.15, 0.2) is 47.2 Å². The van der Waals surface area contributed by atoms with E-state index in [9.17, 15) is 23.5 Å². The van der Waals surface area contributed by atoms with Crippen LogP contribution in [0.25, 0.3) is 17.0 Å². The van der Waals surface area contributed by atoms with Crippen molar-refractivity contribution in [3.05, 3.63) is 54.2 Å². The highest BCUT2D eigenvalue weighted by Gasteiger charge is 2.50. The Morgan fingerprint density at radius 3 is 2.71 bits per heavy atom. The number of pyridine rings is 1. The number of nitrogens with zero attached hydrogens (tertiary/aromatic N) is 6.